The van der Waals surface area contributed by atoms with Gasteiger partial charge in [0, 0.05) is 12.6 Å². The van der Waals surface area contributed by atoms with Crippen LogP contribution in [-0.4, -0.2) is 35.8 Å². The summed E-state index contributed by atoms with van der Waals surface area (Å²) >= 11 is 2.08. The zero-order chi connectivity index (χ0) is 9.80. The zero-order valence-electron chi connectivity index (χ0n) is 8.74. The number of aliphatic hydroxyl groups excluding tert-OH is 1. The first-order valence-electron chi connectivity index (χ1n) is 5.82. The van der Waals surface area contributed by atoms with Crippen molar-refractivity contribution < 1.29 is 5.11 Å². The minimum Gasteiger partial charge on any atom is -0.396 e. The van der Waals surface area contributed by atoms with Crippen molar-refractivity contribution in [3.05, 3.63) is 0 Å². The van der Waals surface area contributed by atoms with Gasteiger partial charge in [-0.1, -0.05) is 6.42 Å². The van der Waals surface area contributed by atoms with Crippen LogP contribution in [-0.2, 0) is 0 Å². The van der Waals surface area contributed by atoms with Crippen LogP contribution in [0.1, 0.15) is 25.7 Å². The second kappa shape index (κ2) is 5.38. The number of hydrogen-bond acceptors (Lipinski definition) is 3. The fourth-order valence-electron chi connectivity index (χ4n) is 2.59. The van der Waals surface area contributed by atoms with Crippen molar-refractivity contribution >= 4 is 11.8 Å². The largest absolute Gasteiger partial charge is 0.396 e. The Morgan fingerprint density at radius 2 is 2.21 bits per heavy atom. The molecule has 2 rings (SSSR count). The zero-order valence-corrected chi connectivity index (χ0v) is 9.56. The second-order valence-electron chi connectivity index (χ2n) is 4.62. The molecule has 1 heterocycles. The van der Waals surface area contributed by atoms with E-state index in [-0.39, 0.29) is 0 Å². The first kappa shape index (κ1) is 10.8. The van der Waals surface area contributed by atoms with Gasteiger partial charge in [0.2, 0.25) is 0 Å². The van der Waals surface area contributed by atoms with Crippen molar-refractivity contribution in [3.8, 4) is 0 Å². The normalized spacial score (nSPS) is 37.9. The van der Waals surface area contributed by atoms with E-state index in [2.05, 4.69) is 17.1 Å². The van der Waals surface area contributed by atoms with Crippen molar-refractivity contribution in [2.24, 2.45) is 11.8 Å². The maximum atomic E-state index is 9.18. The van der Waals surface area contributed by atoms with Crippen LogP contribution in [0.5, 0.6) is 0 Å². The third-order valence-electron chi connectivity index (χ3n) is 3.59. The number of nitrogens with one attached hydrogen (secondary N) is 1. The Labute approximate surface area is 90.8 Å². The van der Waals surface area contributed by atoms with E-state index in [1.54, 1.807) is 0 Å². The van der Waals surface area contributed by atoms with Gasteiger partial charge < -0.3 is 10.4 Å². The minimum atomic E-state index is 0.372. The smallest absolute Gasteiger partial charge is 0.0474 e. The molecule has 82 valence electrons. The van der Waals surface area contributed by atoms with Gasteiger partial charge in [0.05, 0.1) is 0 Å². The highest BCUT2D eigenvalue weighted by Gasteiger charge is 2.27. The summed E-state index contributed by atoms with van der Waals surface area (Å²) < 4.78 is 0. The van der Waals surface area contributed by atoms with E-state index in [0.29, 0.717) is 18.6 Å². The predicted molar refractivity (Wildman–Crippen MR) is 61.6 cm³/mol. The molecular formula is C11H21NOS. The van der Waals surface area contributed by atoms with Gasteiger partial charge in [-0.05, 0) is 49.1 Å². The quantitative estimate of drug-likeness (QED) is 0.745. The lowest BCUT2D eigenvalue weighted by Crippen LogP contribution is -2.37. The molecule has 0 radical (unpaired) electrons. The second-order valence-corrected chi connectivity index (χ2v) is 5.77. The van der Waals surface area contributed by atoms with Gasteiger partial charge in [0.15, 0.2) is 0 Å². The van der Waals surface area contributed by atoms with E-state index in [1.807, 2.05) is 0 Å². The molecular weight excluding hydrogens is 194 g/mol. The van der Waals surface area contributed by atoms with Crippen LogP contribution in [0.25, 0.3) is 0 Å². The first-order valence-corrected chi connectivity index (χ1v) is 6.97. The third kappa shape index (κ3) is 2.65. The van der Waals surface area contributed by atoms with Gasteiger partial charge >= 0.3 is 0 Å². The number of hydrogen-bond donors (Lipinski definition) is 2. The van der Waals surface area contributed by atoms with Crippen LogP contribution < -0.4 is 5.32 Å². The van der Waals surface area contributed by atoms with Crippen molar-refractivity contribution in [2.45, 2.75) is 31.7 Å². The molecule has 1 saturated heterocycles. The van der Waals surface area contributed by atoms with E-state index in [1.165, 1.54) is 43.7 Å². The van der Waals surface area contributed by atoms with E-state index in [9.17, 15) is 5.11 Å². The van der Waals surface area contributed by atoms with E-state index in [0.717, 1.165) is 5.92 Å². The first-order chi connectivity index (χ1) is 6.90. The molecule has 3 heteroatoms. The molecule has 3 atom stereocenters. The molecule has 2 aliphatic rings. The highest BCUT2D eigenvalue weighted by Crippen LogP contribution is 2.27. The number of aliphatic hydroxyl groups is 1. The Morgan fingerprint density at radius 3 is 2.93 bits per heavy atom. The molecule has 2 nitrogen and oxygen atoms in total. The van der Waals surface area contributed by atoms with Gasteiger partial charge in [-0.15, -0.1) is 0 Å². The molecule has 0 aromatic rings. The lowest BCUT2D eigenvalue weighted by molar-refractivity contribution is 0.203. The maximum Gasteiger partial charge on any atom is 0.0474 e. The summed E-state index contributed by atoms with van der Waals surface area (Å²) in [6.45, 7) is 1.55. The summed E-state index contributed by atoms with van der Waals surface area (Å²) in [5, 5.41) is 12.8. The molecule has 2 N–H and O–H groups in total. The highest BCUT2D eigenvalue weighted by molar-refractivity contribution is 7.99. The molecule has 1 aliphatic carbocycles. The van der Waals surface area contributed by atoms with Crippen LogP contribution in [0, 0.1) is 11.8 Å². The average molecular weight is 215 g/mol. The fourth-order valence-corrected chi connectivity index (χ4v) is 3.87. The Bertz CT molecular complexity index is 171. The lowest BCUT2D eigenvalue weighted by Gasteiger charge is -2.21. The third-order valence-corrected chi connectivity index (χ3v) is 4.82. The number of thioether (sulfide) groups is 1. The fraction of sp³-hybridized carbons (Fsp3) is 1.00. The van der Waals surface area contributed by atoms with Gasteiger partial charge in [-0.25, -0.2) is 0 Å². The Hall–Kier alpha value is 0.270. The van der Waals surface area contributed by atoms with E-state index < -0.39 is 0 Å². The standard InChI is InChI=1S/C11H21NOS/c13-7-10-2-1-3-11(10)12-6-9-4-5-14-8-9/h9-13H,1-8H2. The SMILES string of the molecule is OCC1CCCC1NCC1CCSC1. The molecule has 14 heavy (non-hydrogen) atoms. The summed E-state index contributed by atoms with van der Waals surface area (Å²) in [7, 11) is 0. The summed E-state index contributed by atoms with van der Waals surface area (Å²) in [6.07, 6.45) is 5.16. The Balaban J connectivity index is 1.68. The van der Waals surface area contributed by atoms with Crippen LogP contribution in [0.4, 0.5) is 0 Å². The van der Waals surface area contributed by atoms with Gasteiger partial charge in [0.1, 0.15) is 0 Å². The monoisotopic (exact) mass is 215 g/mol. The van der Waals surface area contributed by atoms with Gasteiger partial charge in [-0.3, -0.25) is 0 Å². The molecule has 0 aromatic carbocycles. The predicted octanol–water partition coefficient (Wildman–Crippen LogP) is 1.49. The summed E-state index contributed by atoms with van der Waals surface area (Å²) in [5.74, 6) is 4.10. The molecule has 0 amide bonds. The average Bonchev–Trinajstić information content (AvgIpc) is 2.85. The Kier molecular flexibility index (Phi) is 4.14. The van der Waals surface area contributed by atoms with E-state index in [4.69, 9.17) is 0 Å². The molecule has 1 aliphatic heterocycles. The molecule has 2 fully saturated rings. The summed E-state index contributed by atoms with van der Waals surface area (Å²) in [6, 6.07) is 0.602. The highest BCUT2D eigenvalue weighted by atomic mass is 32.2. The van der Waals surface area contributed by atoms with E-state index >= 15 is 0 Å². The van der Waals surface area contributed by atoms with Crippen LogP contribution >= 0.6 is 11.8 Å². The molecule has 1 saturated carbocycles. The summed E-state index contributed by atoms with van der Waals surface area (Å²) in [5.41, 5.74) is 0. The van der Waals surface area contributed by atoms with Crippen molar-refractivity contribution in [1.82, 2.24) is 5.32 Å². The van der Waals surface area contributed by atoms with Gasteiger partial charge in [0.25, 0.3) is 0 Å². The molecule has 3 unspecified atom stereocenters. The summed E-state index contributed by atoms with van der Waals surface area (Å²) in [4.78, 5) is 0. The maximum absolute atomic E-state index is 9.18. The Morgan fingerprint density at radius 1 is 1.29 bits per heavy atom. The number of rotatable bonds is 4. The lowest BCUT2D eigenvalue weighted by atomic mass is 10.0. The minimum absolute atomic E-state index is 0.372. The van der Waals surface area contributed by atoms with Crippen LogP contribution in [0.2, 0.25) is 0 Å². The van der Waals surface area contributed by atoms with Crippen molar-refractivity contribution in [1.29, 1.82) is 0 Å². The molecule has 0 bridgehead atoms. The van der Waals surface area contributed by atoms with Crippen LogP contribution in [0.15, 0.2) is 0 Å². The van der Waals surface area contributed by atoms with Crippen LogP contribution in [0.3, 0.4) is 0 Å². The van der Waals surface area contributed by atoms with Crippen molar-refractivity contribution in [3.63, 3.8) is 0 Å². The molecule has 0 aromatic heterocycles. The van der Waals surface area contributed by atoms with Gasteiger partial charge in [-0.2, -0.15) is 11.8 Å². The topological polar surface area (TPSA) is 32.3 Å². The molecule has 0 spiro atoms. The van der Waals surface area contributed by atoms with Crippen molar-refractivity contribution in [2.75, 3.05) is 24.7 Å².